The van der Waals surface area contributed by atoms with Crippen molar-refractivity contribution in [1.82, 2.24) is 10.2 Å². The molecule has 0 aliphatic carbocycles. The minimum Gasteiger partial charge on any atom is -0.481 e. The van der Waals surface area contributed by atoms with E-state index in [4.69, 9.17) is 5.73 Å². The number of rotatable bonds is 4. The molecule has 1 aliphatic heterocycles. The average molecular weight is 291 g/mol. The van der Waals surface area contributed by atoms with Crippen LogP contribution in [0.4, 0.5) is 4.79 Å². The van der Waals surface area contributed by atoms with Crippen molar-refractivity contribution < 1.29 is 14.7 Å². The minimum absolute atomic E-state index is 0.00824. The van der Waals surface area contributed by atoms with E-state index in [9.17, 15) is 14.7 Å². The summed E-state index contributed by atoms with van der Waals surface area (Å²) in [5.41, 5.74) is 6.52. The van der Waals surface area contributed by atoms with Gasteiger partial charge >= 0.3 is 12.0 Å². The number of nitrogens with zero attached hydrogens (tertiary/aromatic N) is 1. The number of piperidine rings is 1. The molecule has 114 valence electrons. The summed E-state index contributed by atoms with van der Waals surface area (Å²) in [6.45, 7) is 1.27. The Hall–Kier alpha value is -2.08. The van der Waals surface area contributed by atoms with Gasteiger partial charge in [-0.05, 0) is 18.4 Å². The summed E-state index contributed by atoms with van der Waals surface area (Å²) in [5, 5.41) is 12.0. The number of nitrogens with one attached hydrogen (secondary N) is 1. The van der Waals surface area contributed by atoms with E-state index in [1.54, 1.807) is 29.2 Å². The third-order valence-corrected chi connectivity index (χ3v) is 3.70. The molecule has 1 heterocycles. The summed E-state index contributed by atoms with van der Waals surface area (Å²) in [7, 11) is 0. The zero-order valence-electron chi connectivity index (χ0n) is 11.9. The van der Waals surface area contributed by atoms with Gasteiger partial charge in [-0.3, -0.25) is 4.79 Å². The zero-order valence-corrected chi connectivity index (χ0v) is 11.9. The molecule has 4 N–H and O–H groups in total. The van der Waals surface area contributed by atoms with Crippen LogP contribution in [0.5, 0.6) is 0 Å². The fraction of sp³-hybridized carbons (Fsp3) is 0.467. The van der Waals surface area contributed by atoms with Crippen LogP contribution in [0.25, 0.3) is 0 Å². The monoisotopic (exact) mass is 291 g/mol. The molecule has 0 saturated carbocycles. The molecule has 0 spiro atoms. The van der Waals surface area contributed by atoms with Crippen LogP contribution in [0.2, 0.25) is 0 Å². The Morgan fingerprint density at radius 2 is 2.10 bits per heavy atom. The predicted molar refractivity (Wildman–Crippen MR) is 79.0 cm³/mol. The number of benzene rings is 1. The number of amides is 2. The summed E-state index contributed by atoms with van der Waals surface area (Å²) in [5.74, 6) is -1.69. The molecule has 6 heteroatoms. The third kappa shape index (κ3) is 4.19. The van der Waals surface area contributed by atoms with Crippen molar-refractivity contribution in [2.45, 2.75) is 24.8 Å². The maximum absolute atomic E-state index is 12.1. The van der Waals surface area contributed by atoms with Crippen LogP contribution in [0.15, 0.2) is 30.3 Å². The molecule has 1 aromatic carbocycles. The number of nitrogens with two attached hydrogens (primary N) is 1. The fourth-order valence-electron chi connectivity index (χ4n) is 2.53. The van der Waals surface area contributed by atoms with Crippen molar-refractivity contribution in [2.75, 3.05) is 19.6 Å². The van der Waals surface area contributed by atoms with Gasteiger partial charge in [0.1, 0.15) is 0 Å². The van der Waals surface area contributed by atoms with Gasteiger partial charge in [0.05, 0.1) is 5.92 Å². The summed E-state index contributed by atoms with van der Waals surface area (Å²) in [6.07, 6.45) is 1.81. The van der Waals surface area contributed by atoms with Crippen LogP contribution in [0, 0.1) is 0 Å². The lowest BCUT2D eigenvalue weighted by atomic mass is 9.99. The number of hydrogen-bond acceptors (Lipinski definition) is 3. The molecule has 21 heavy (non-hydrogen) atoms. The third-order valence-electron chi connectivity index (χ3n) is 3.70. The molecule has 1 aromatic rings. The van der Waals surface area contributed by atoms with Crippen molar-refractivity contribution in [1.29, 1.82) is 0 Å². The van der Waals surface area contributed by atoms with Crippen molar-refractivity contribution in [3.8, 4) is 0 Å². The van der Waals surface area contributed by atoms with Gasteiger partial charge in [-0.2, -0.15) is 0 Å². The molecule has 0 bridgehead atoms. The first-order valence-electron chi connectivity index (χ1n) is 7.14. The van der Waals surface area contributed by atoms with Crippen LogP contribution in [0.1, 0.15) is 24.3 Å². The van der Waals surface area contributed by atoms with Gasteiger partial charge in [0.25, 0.3) is 0 Å². The number of aliphatic carboxylic acids is 1. The second-order valence-electron chi connectivity index (χ2n) is 5.34. The van der Waals surface area contributed by atoms with Gasteiger partial charge < -0.3 is 21.1 Å². The van der Waals surface area contributed by atoms with Gasteiger partial charge in [0.15, 0.2) is 0 Å². The van der Waals surface area contributed by atoms with E-state index >= 15 is 0 Å². The number of carboxylic acid groups (broad SMARTS) is 1. The van der Waals surface area contributed by atoms with Crippen molar-refractivity contribution in [2.24, 2.45) is 5.73 Å². The molecular formula is C15H21N3O3. The number of carboxylic acids is 1. The number of urea groups is 1. The maximum Gasteiger partial charge on any atom is 0.317 e. The molecule has 0 aromatic heterocycles. The minimum atomic E-state index is -0.947. The molecular weight excluding hydrogens is 270 g/mol. The highest BCUT2D eigenvalue weighted by Gasteiger charge is 2.24. The Balaban J connectivity index is 1.93. The van der Waals surface area contributed by atoms with E-state index in [-0.39, 0.29) is 18.6 Å². The number of likely N-dealkylation sites (tertiary alicyclic amines) is 1. The van der Waals surface area contributed by atoms with E-state index in [1.807, 2.05) is 6.07 Å². The molecule has 1 saturated heterocycles. The molecule has 0 radical (unpaired) electrons. The van der Waals surface area contributed by atoms with E-state index in [0.29, 0.717) is 18.7 Å². The van der Waals surface area contributed by atoms with E-state index in [1.165, 1.54) is 0 Å². The van der Waals surface area contributed by atoms with Crippen molar-refractivity contribution in [3.63, 3.8) is 0 Å². The van der Waals surface area contributed by atoms with Crippen molar-refractivity contribution >= 4 is 12.0 Å². The number of carbonyl (C=O) groups excluding carboxylic acids is 1. The number of hydrogen-bond donors (Lipinski definition) is 3. The lowest BCUT2D eigenvalue weighted by Crippen LogP contribution is -2.50. The average Bonchev–Trinajstić information content (AvgIpc) is 2.48. The van der Waals surface area contributed by atoms with E-state index in [0.717, 1.165) is 12.8 Å². The smallest absolute Gasteiger partial charge is 0.317 e. The standard InChI is InChI=1S/C15H21N3O3/c16-12-7-4-8-18(10-12)15(21)17-9-13(14(19)20)11-5-2-1-3-6-11/h1-3,5-6,12-13H,4,7-10,16H2,(H,17,21)(H,19,20). The Kier molecular flexibility index (Phi) is 5.16. The van der Waals surface area contributed by atoms with Gasteiger partial charge in [0, 0.05) is 25.7 Å². The van der Waals surface area contributed by atoms with E-state index < -0.39 is 11.9 Å². The van der Waals surface area contributed by atoms with Crippen LogP contribution < -0.4 is 11.1 Å². The Morgan fingerprint density at radius 3 is 2.71 bits per heavy atom. The lowest BCUT2D eigenvalue weighted by molar-refractivity contribution is -0.138. The Labute approximate surface area is 123 Å². The van der Waals surface area contributed by atoms with Gasteiger partial charge in [-0.15, -0.1) is 0 Å². The second-order valence-corrected chi connectivity index (χ2v) is 5.34. The quantitative estimate of drug-likeness (QED) is 0.770. The SMILES string of the molecule is NC1CCCN(C(=O)NCC(C(=O)O)c2ccccc2)C1. The first-order chi connectivity index (χ1) is 10.1. The Morgan fingerprint density at radius 1 is 1.38 bits per heavy atom. The molecule has 2 atom stereocenters. The lowest BCUT2D eigenvalue weighted by Gasteiger charge is -2.31. The summed E-state index contributed by atoms with van der Waals surface area (Å²) >= 11 is 0. The Bertz CT molecular complexity index is 492. The van der Waals surface area contributed by atoms with Crippen molar-refractivity contribution in [3.05, 3.63) is 35.9 Å². The first-order valence-corrected chi connectivity index (χ1v) is 7.14. The molecule has 1 fully saturated rings. The maximum atomic E-state index is 12.1. The van der Waals surface area contributed by atoms with E-state index in [2.05, 4.69) is 5.32 Å². The van der Waals surface area contributed by atoms with Gasteiger partial charge in [-0.25, -0.2) is 4.79 Å². The van der Waals surface area contributed by atoms with Crippen LogP contribution in [-0.2, 0) is 4.79 Å². The molecule has 2 amide bonds. The largest absolute Gasteiger partial charge is 0.481 e. The first kappa shape index (κ1) is 15.3. The highest BCUT2D eigenvalue weighted by atomic mass is 16.4. The summed E-state index contributed by atoms with van der Waals surface area (Å²) in [6, 6.07) is 8.67. The fourth-order valence-corrected chi connectivity index (χ4v) is 2.53. The zero-order chi connectivity index (χ0) is 15.2. The van der Waals surface area contributed by atoms with Crippen LogP contribution in [-0.4, -0.2) is 47.7 Å². The summed E-state index contributed by atoms with van der Waals surface area (Å²) < 4.78 is 0. The molecule has 1 aliphatic rings. The summed E-state index contributed by atoms with van der Waals surface area (Å²) in [4.78, 5) is 25.1. The molecule has 2 unspecified atom stereocenters. The highest BCUT2D eigenvalue weighted by Crippen LogP contribution is 2.15. The molecule has 2 rings (SSSR count). The highest BCUT2D eigenvalue weighted by molar-refractivity contribution is 5.79. The van der Waals surface area contributed by atoms with Gasteiger partial charge in [-0.1, -0.05) is 30.3 Å². The topological polar surface area (TPSA) is 95.7 Å². The van der Waals surface area contributed by atoms with Gasteiger partial charge in [0.2, 0.25) is 0 Å². The predicted octanol–water partition coefficient (Wildman–Crippen LogP) is 0.988. The second kappa shape index (κ2) is 7.08. The number of carbonyl (C=O) groups is 2. The normalized spacial score (nSPS) is 19.9. The molecule has 6 nitrogen and oxygen atoms in total. The van der Waals surface area contributed by atoms with Crippen LogP contribution in [0.3, 0.4) is 0 Å². The van der Waals surface area contributed by atoms with Crippen LogP contribution >= 0.6 is 0 Å².